The van der Waals surface area contributed by atoms with Gasteiger partial charge in [0.25, 0.3) is 0 Å². The van der Waals surface area contributed by atoms with Gasteiger partial charge in [-0.05, 0) is 18.8 Å². The highest BCUT2D eigenvalue weighted by Gasteiger charge is 2.42. The quantitative estimate of drug-likeness (QED) is 0.920. The van der Waals surface area contributed by atoms with Crippen molar-refractivity contribution in [2.24, 2.45) is 11.3 Å². The van der Waals surface area contributed by atoms with Crippen LogP contribution in [0, 0.1) is 11.3 Å². The normalized spacial score (nSPS) is 27.2. The monoisotopic (exact) mass is 282 g/mol. The molecule has 19 heavy (non-hydrogen) atoms. The van der Waals surface area contributed by atoms with Gasteiger partial charge in [-0.15, -0.1) is 0 Å². The molecule has 104 valence electrons. The Morgan fingerprint density at radius 3 is 2.89 bits per heavy atom. The molecule has 1 N–H and O–H groups in total. The summed E-state index contributed by atoms with van der Waals surface area (Å²) in [7, 11) is 0. The molecule has 0 radical (unpaired) electrons. The standard InChI is InChI=1S/C14H19ClN2O2/c1-2-10-4-3-5-14(6-10,13(18)19)7-11-8-17-12(15)9-16-11/h8-10H,2-7H2,1H3,(H,18,19). The molecular formula is C14H19ClN2O2. The molecule has 1 aromatic rings. The van der Waals surface area contributed by atoms with Gasteiger partial charge in [-0.3, -0.25) is 9.78 Å². The second-order valence-electron chi connectivity index (χ2n) is 5.46. The molecular weight excluding hydrogens is 264 g/mol. The lowest BCUT2D eigenvalue weighted by molar-refractivity contribution is -0.152. The van der Waals surface area contributed by atoms with Gasteiger partial charge in [0, 0.05) is 6.42 Å². The minimum absolute atomic E-state index is 0.336. The zero-order chi connectivity index (χ0) is 13.9. The van der Waals surface area contributed by atoms with E-state index in [9.17, 15) is 9.90 Å². The largest absolute Gasteiger partial charge is 0.481 e. The minimum Gasteiger partial charge on any atom is -0.481 e. The Morgan fingerprint density at radius 1 is 1.53 bits per heavy atom. The van der Waals surface area contributed by atoms with E-state index in [0.717, 1.165) is 32.1 Å². The lowest BCUT2D eigenvalue weighted by atomic mass is 9.66. The van der Waals surface area contributed by atoms with Gasteiger partial charge in [0.15, 0.2) is 0 Å². The molecule has 1 saturated carbocycles. The molecule has 1 fully saturated rings. The van der Waals surface area contributed by atoms with Crippen molar-refractivity contribution in [3.63, 3.8) is 0 Å². The van der Waals surface area contributed by atoms with E-state index in [1.54, 1.807) is 6.20 Å². The molecule has 0 aliphatic heterocycles. The van der Waals surface area contributed by atoms with Crippen molar-refractivity contribution >= 4 is 17.6 Å². The second kappa shape index (κ2) is 5.87. The van der Waals surface area contributed by atoms with Crippen molar-refractivity contribution in [1.29, 1.82) is 0 Å². The first-order chi connectivity index (χ1) is 9.05. The highest BCUT2D eigenvalue weighted by molar-refractivity contribution is 6.29. The first kappa shape index (κ1) is 14.3. The smallest absolute Gasteiger partial charge is 0.310 e. The van der Waals surface area contributed by atoms with Crippen LogP contribution >= 0.6 is 11.6 Å². The fraction of sp³-hybridized carbons (Fsp3) is 0.643. The number of carbonyl (C=O) groups is 1. The lowest BCUT2D eigenvalue weighted by Gasteiger charge is -2.37. The van der Waals surface area contributed by atoms with E-state index >= 15 is 0 Å². The number of halogens is 1. The number of hydrogen-bond donors (Lipinski definition) is 1. The Labute approximate surface area is 118 Å². The summed E-state index contributed by atoms with van der Waals surface area (Å²) < 4.78 is 0. The Balaban J connectivity index is 2.19. The number of aromatic nitrogens is 2. The van der Waals surface area contributed by atoms with Crippen molar-refractivity contribution in [2.45, 2.75) is 45.4 Å². The van der Waals surface area contributed by atoms with Crippen molar-refractivity contribution in [1.82, 2.24) is 9.97 Å². The summed E-state index contributed by atoms with van der Waals surface area (Å²) >= 11 is 5.71. The summed E-state index contributed by atoms with van der Waals surface area (Å²) in [6.07, 6.45) is 8.13. The van der Waals surface area contributed by atoms with Crippen LogP contribution in [0.25, 0.3) is 0 Å². The van der Waals surface area contributed by atoms with E-state index in [-0.39, 0.29) is 0 Å². The van der Waals surface area contributed by atoms with Gasteiger partial charge < -0.3 is 5.11 Å². The summed E-state index contributed by atoms with van der Waals surface area (Å²) in [5.74, 6) is -0.201. The summed E-state index contributed by atoms with van der Waals surface area (Å²) in [6.45, 7) is 2.13. The van der Waals surface area contributed by atoms with Crippen LogP contribution in [0.1, 0.15) is 44.7 Å². The summed E-state index contributed by atoms with van der Waals surface area (Å²) in [6, 6.07) is 0. The predicted molar refractivity (Wildman–Crippen MR) is 73.1 cm³/mol. The van der Waals surface area contributed by atoms with Gasteiger partial charge in [-0.2, -0.15) is 0 Å². The molecule has 2 rings (SSSR count). The van der Waals surface area contributed by atoms with Gasteiger partial charge in [-0.1, -0.05) is 37.8 Å². The van der Waals surface area contributed by atoms with Gasteiger partial charge in [0.2, 0.25) is 0 Å². The molecule has 0 saturated heterocycles. The average Bonchev–Trinajstić information content (AvgIpc) is 2.41. The summed E-state index contributed by atoms with van der Waals surface area (Å²) in [4.78, 5) is 19.9. The highest BCUT2D eigenvalue weighted by Crippen LogP contribution is 2.43. The maximum atomic E-state index is 11.7. The molecule has 2 unspecified atom stereocenters. The topological polar surface area (TPSA) is 63.1 Å². The van der Waals surface area contributed by atoms with Gasteiger partial charge in [0.05, 0.1) is 23.5 Å². The first-order valence-corrected chi connectivity index (χ1v) is 7.13. The molecule has 0 amide bonds. The minimum atomic E-state index is -0.706. The fourth-order valence-corrected chi connectivity index (χ4v) is 3.14. The van der Waals surface area contributed by atoms with Gasteiger partial charge in [0.1, 0.15) is 5.15 Å². The molecule has 2 atom stereocenters. The SMILES string of the molecule is CCC1CCCC(Cc2cnc(Cl)cn2)(C(=O)O)C1. The maximum Gasteiger partial charge on any atom is 0.310 e. The molecule has 1 aliphatic carbocycles. The third-order valence-corrected chi connectivity index (χ3v) is 4.37. The zero-order valence-corrected chi connectivity index (χ0v) is 11.9. The number of carboxylic acids is 1. The molecule has 0 bridgehead atoms. The molecule has 0 aromatic carbocycles. The van der Waals surface area contributed by atoms with Crippen LogP contribution in [0.15, 0.2) is 12.4 Å². The summed E-state index contributed by atoms with van der Waals surface area (Å²) in [5, 5.41) is 9.98. The average molecular weight is 283 g/mol. The van der Waals surface area contributed by atoms with Crippen molar-refractivity contribution < 1.29 is 9.90 Å². The van der Waals surface area contributed by atoms with Crippen molar-refractivity contribution in [3.05, 3.63) is 23.2 Å². The third-order valence-electron chi connectivity index (χ3n) is 4.17. The van der Waals surface area contributed by atoms with Crippen LogP contribution in [0.4, 0.5) is 0 Å². The van der Waals surface area contributed by atoms with Gasteiger partial charge in [-0.25, -0.2) is 4.98 Å². The third kappa shape index (κ3) is 3.24. The van der Waals surface area contributed by atoms with E-state index in [0.29, 0.717) is 23.2 Å². The van der Waals surface area contributed by atoms with Crippen LogP contribution in [0.3, 0.4) is 0 Å². The van der Waals surface area contributed by atoms with Crippen molar-refractivity contribution in [3.8, 4) is 0 Å². The lowest BCUT2D eigenvalue weighted by Crippen LogP contribution is -2.38. The molecule has 1 aliphatic rings. The Bertz CT molecular complexity index is 449. The van der Waals surface area contributed by atoms with E-state index in [1.807, 2.05) is 0 Å². The number of carboxylic acid groups (broad SMARTS) is 1. The molecule has 0 spiro atoms. The van der Waals surface area contributed by atoms with E-state index in [1.165, 1.54) is 6.20 Å². The number of hydrogen-bond acceptors (Lipinski definition) is 3. The molecule has 1 aromatic heterocycles. The van der Waals surface area contributed by atoms with Crippen molar-refractivity contribution in [2.75, 3.05) is 0 Å². The number of nitrogens with zero attached hydrogens (tertiary/aromatic N) is 2. The van der Waals surface area contributed by atoms with Crippen LogP contribution in [0.2, 0.25) is 5.15 Å². The molecule has 5 heteroatoms. The Hall–Kier alpha value is -1.16. The van der Waals surface area contributed by atoms with E-state index < -0.39 is 11.4 Å². The van der Waals surface area contributed by atoms with Gasteiger partial charge >= 0.3 is 5.97 Å². The van der Waals surface area contributed by atoms with E-state index in [4.69, 9.17) is 11.6 Å². The van der Waals surface area contributed by atoms with Crippen LogP contribution in [0.5, 0.6) is 0 Å². The molecule has 1 heterocycles. The van der Waals surface area contributed by atoms with Crippen LogP contribution in [-0.4, -0.2) is 21.0 Å². The van der Waals surface area contributed by atoms with Crippen LogP contribution in [-0.2, 0) is 11.2 Å². The Morgan fingerprint density at radius 2 is 2.32 bits per heavy atom. The highest BCUT2D eigenvalue weighted by atomic mass is 35.5. The fourth-order valence-electron chi connectivity index (χ4n) is 3.04. The predicted octanol–water partition coefficient (Wildman–Crippen LogP) is 3.34. The van der Waals surface area contributed by atoms with E-state index in [2.05, 4.69) is 16.9 Å². The molecule has 4 nitrogen and oxygen atoms in total. The zero-order valence-electron chi connectivity index (χ0n) is 11.1. The Kier molecular flexibility index (Phi) is 4.40. The first-order valence-electron chi connectivity index (χ1n) is 6.75. The second-order valence-corrected chi connectivity index (χ2v) is 5.85. The van der Waals surface area contributed by atoms with Crippen LogP contribution < -0.4 is 0 Å². The number of aliphatic carboxylic acids is 1. The number of rotatable bonds is 4. The summed E-state index contributed by atoms with van der Waals surface area (Å²) in [5.41, 5.74) is 0.0325. The maximum absolute atomic E-state index is 11.7.